The molecule has 7 heteroatoms. The van der Waals surface area contributed by atoms with Crippen LogP contribution >= 0.6 is 0 Å². The molecule has 0 unspecified atom stereocenters. The molecule has 0 aliphatic carbocycles. The fourth-order valence-corrected chi connectivity index (χ4v) is 2.62. The summed E-state index contributed by atoms with van der Waals surface area (Å²) in [6.45, 7) is 1.97. The lowest BCUT2D eigenvalue weighted by Crippen LogP contribution is -2.14. The van der Waals surface area contributed by atoms with E-state index in [9.17, 15) is 26.7 Å². The van der Waals surface area contributed by atoms with Gasteiger partial charge in [0.2, 0.25) is 0 Å². The molecule has 3 aromatic carbocycles. The highest BCUT2D eigenvalue weighted by Gasteiger charge is 2.22. The number of rotatable bonds is 4. The normalized spacial score (nSPS) is 10.8. The Balaban J connectivity index is 1.91. The topological polar surface area (TPSA) is 26.3 Å². The largest absolute Gasteiger partial charge is 0.423 e. The number of ether oxygens (including phenoxy) is 1. The van der Waals surface area contributed by atoms with E-state index in [1.165, 1.54) is 0 Å². The van der Waals surface area contributed by atoms with Crippen LogP contribution in [0.5, 0.6) is 5.75 Å². The maximum atomic E-state index is 14.4. The van der Waals surface area contributed by atoms with E-state index in [0.29, 0.717) is 17.7 Å². The first-order valence-corrected chi connectivity index (χ1v) is 8.25. The molecule has 2 nitrogen and oxygen atoms in total. The van der Waals surface area contributed by atoms with Gasteiger partial charge in [0.15, 0.2) is 17.5 Å². The second-order valence-electron chi connectivity index (χ2n) is 5.96. The zero-order valence-corrected chi connectivity index (χ0v) is 14.5. The summed E-state index contributed by atoms with van der Waals surface area (Å²) in [5, 5.41) is 0. The average Bonchev–Trinajstić information content (AvgIpc) is 2.65. The van der Waals surface area contributed by atoms with Gasteiger partial charge >= 0.3 is 5.97 Å². The van der Waals surface area contributed by atoms with Crippen LogP contribution < -0.4 is 4.74 Å². The van der Waals surface area contributed by atoms with Crippen molar-refractivity contribution < 1.29 is 31.5 Å². The van der Waals surface area contributed by atoms with Gasteiger partial charge in [-0.1, -0.05) is 31.2 Å². The highest BCUT2D eigenvalue weighted by Crippen LogP contribution is 2.27. The van der Waals surface area contributed by atoms with Crippen LogP contribution in [-0.2, 0) is 6.42 Å². The molecule has 0 fully saturated rings. The summed E-state index contributed by atoms with van der Waals surface area (Å²) in [5.41, 5.74) is 0.758. The van der Waals surface area contributed by atoms with Gasteiger partial charge in [0.1, 0.15) is 22.9 Å². The molecule has 0 saturated carbocycles. The molecule has 0 atom stereocenters. The number of esters is 1. The minimum Gasteiger partial charge on any atom is -0.423 e. The predicted molar refractivity (Wildman–Crippen MR) is 92.4 cm³/mol. The second-order valence-corrected chi connectivity index (χ2v) is 5.96. The molecule has 0 aromatic heterocycles. The van der Waals surface area contributed by atoms with E-state index in [1.54, 1.807) is 12.1 Å². The number of hydrogen-bond donors (Lipinski definition) is 0. The molecule has 0 radical (unpaired) electrons. The Morgan fingerprint density at radius 2 is 1.32 bits per heavy atom. The summed E-state index contributed by atoms with van der Waals surface area (Å²) in [4.78, 5) is 12.1. The average molecular weight is 392 g/mol. The van der Waals surface area contributed by atoms with E-state index in [0.717, 1.165) is 24.1 Å². The SMILES string of the molecule is CCc1ccc(-c2cc(F)c(C(=O)Oc3cc(F)c(F)c(F)c3)c(F)c2)cc1. The van der Waals surface area contributed by atoms with Crippen LogP contribution in [-0.4, -0.2) is 5.97 Å². The Labute approximate surface area is 157 Å². The van der Waals surface area contributed by atoms with Crippen molar-refractivity contribution in [1.29, 1.82) is 0 Å². The highest BCUT2D eigenvalue weighted by molar-refractivity contribution is 5.92. The number of benzene rings is 3. The van der Waals surface area contributed by atoms with Crippen molar-refractivity contribution in [1.82, 2.24) is 0 Å². The van der Waals surface area contributed by atoms with Gasteiger partial charge in [-0.25, -0.2) is 26.7 Å². The first-order valence-electron chi connectivity index (χ1n) is 8.25. The monoisotopic (exact) mass is 392 g/mol. The predicted octanol–water partition coefficient (Wildman–Crippen LogP) is 5.83. The maximum Gasteiger partial charge on any atom is 0.349 e. The molecule has 3 aromatic rings. The highest BCUT2D eigenvalue weighted by atomic mass is 19.2. The van der Waals surface area contributed by atoms with E-state index < -0.39 is 46.4 Å². The Hall–Kier alpha value is -3.22. The minimum atomic E-state index is -1.75. The Morgan fingerprint density at radius 1 is 0.786 bits per heavy atom. The number of carbonyl (C=O) groups excluding carboxylic acids is 1. The molecule has 0 spiro atoms. The smallest absolute Gasteiger partial charge is 0.349 e. The van der Waals surface area contributed by atoms with Crippen LogP contribution in [0, 0.1) is 29.1 Å². The Bertz CT molecular complexity index is 999. The molecular formula is C21H13F5O2. The second kappa shape index (κ2) is 7.80. The molecule has 0 saturated heterocycles. The van der Waals surface area contributed by atoms with Crippen LogP contribution in [0.4, 0.5) is 22.0 Å². The van der Waals surface area contributed by atoms with Crippen molar-refractivity contribution in [3.05, 3.63) is 88.7 Å². The number of halogens is 5. The number of carbonyl (C=O) groups is 1. The van der Waals surface area contributed by atoms with Gasteiger partial charge in [0.25, 0.3) is 0 Å². The van der Waals surface area contributed by atoms with E-state index in [1.807, 2.05) is 19.1 Å². The summed E-state index contributed by atoms with van der Waals surface area (Å²) in [5.74, 6) is -9.60. The summed E-state index contributed by atoms with van der Waals surface area (Å²) >= 11 is 0. The third-order valence-corrected chi connectivity index (χ3v) is 4.11. The summed E-state index contributed by atoms with van der Waals surface area (Å²) in [7, 11) is 0. The summed E-state index contributed by atoms with van der Waals surface area (Å²) in [6.07, 6.45) is 0.804. The number of hydrogen-bond acceptors (Lipinski definition) is 2. The number of aryl methyl sites for hydroxylation is 1. The van der Waals surface area contributed by atoms with E-state index in [2.05, 4.69) is 4.74 Å². The Morgan fingerprint density at radius 3 is 1.82 bits per heavy atom. The molecule has 0 heterocycles. The molecule has 0 bridgehead atoms. The van der Waals surface area contributed by atoms with Crippen molar-refractivity contribution >= 4 is 5.97 Å². The molecule has 3 rings (SSSR count). The summed E-state index contributed by atoms with van der Waals surface area (Å²) < 4.78 is 72.7. The van der Waals surface area contributed by atoms with Gasteiger partial charge in [0, 0.05) is 12.1 Å². The lowest BCUT2D eigenvalue weighted by atomic mass is 10.0. The molecule has 28 heavy (non-hydrogen) atoms. The lowest BCUT2D eigenvalue weighted by molar-refractivity contribution is 0.0723. The zero-order chi connectivity index (χ0) is 20.4. The van der Waals surface area contributed by atoms with Crippen molar-refractivity contribution in [3.8, 4) is 16.9 Å². The van der Waals surface area contributed by atoms with Crippen LogP contribution in [0.15, 0.2) is 48.5 Å². The van der Waals surface area contributed by atoms with Crippen LogP contribution in [0.2, 0.25) is 0 Å². The van der Waals surface area contributed by atoms with Crippen molar-refractivity contribution in [2.24, 2.45) is 0 Å². The molecule has 0 amide bonds. The van der Waals surface area contributed by atoms with E-state index in [4.69, 9.17) is 0 Å². The van der Waals surface area contributed by atoms with Gasteiger partial charge in [0.05, 0.1) is 0 Å². The van der Waals surface area contributed by atoms with Gasteiger partial charge in [-0.05, 0) is 35.2 Å². The van der Waals surface area contributed by atoms with Gasteiger partial charge in [-0.3, -0.25) is 0 Å². The standard InChI is InChI=1S/C21H13F5O2/c1-2-11-3-5-12(6-4-11)13-7-15(22)19(16(23)8-13)21(27)28-14-9-17(24)20(26)18(25)10-14/h3-10H,2H2,1H3. The van der Waals surface area contributed by atoms with Gasteiger partial charge < -0.3 is 4.74 Å². The molecule has 0 N–H and O–H groups in total. The first-order chi connectivity index (χ1) is 13.3. The third kappa shape index (κ3) is 3.88. The van der Waals surface area contributed by atoms with Gasteiger partial charge in [-0.15, -0.1) is 0 Å². The Kier molecular flexibility index (Phi) is 5.44. The van der Waals surface area contributed by atoms with E-state index >= 15 is 0 Å². The first kappa shape index (κ1) is 19.5. The zero-order valence-electron chi connectivity index (χ0n) is 14.5. The van der Waals surface area contributed by atoms with Gasteiger partial charge in [-0.2, -0.15) is 0 Å². The summed E-state index contributed by atoms with van der Waals surface area (Å²) in [6, 6.07) is 9.70. The van der Waals surface area contributed by atoms with Crippen LogP contribution in [0.1, 0.15) is 22.8 Å². The van der Waals surface area contributed by atoms with E-state index in [-0.39, 0.29) is 5.56 Å². The minimum absolute atomic E-state index is 0.202. The van der Waals surface area contributed by atoms with Crippen molar-refractivity contribution in [3.63, 3.8) is 0 Å². The van der Waals surface area contributed by atoms with Crippen molar-refractivity contribution in [2.45, 2.75) is 13.3 Å². The van der Waals surface area contributed by atoms with Crippen LogP contribution in [0.3, 0.4) is 0 Å². The third-order valence-electron chi connectivity index (χ3n) is 4.11. The molecule has 144 valence electrons. The molecule has 0 aliphatic heterocycles. The van der Waals surface area contributed by atoms with Crippen LogP contribution in [0.25, 0.3) is 11.1 Å². The molecular weight excluding hydrogens is 379 g/mol. The fraction of sp³-hybridized carbons (Fsp3) is 0.0952. The maximum absolute atomic E-state index is 14.4. The quantitative estimate of drug-likeness (QED) is 0.242. The molecule has 0 aliphatic rings. The lowest BCUT2D eigenvalue weighted by Gasteiger charge is -2.10. The van der Waals surface area contributed by atoms with Crippen molar-refractivity contribution in [2.75, 3.05) is 0 Å². The fourth-order valence-electron chi connectivity index (χ4n) is 2.62.